The first kappa shape index (κ1) is 14.0. The summed E-state index contributed by atoms with van der Waals surface area (Å²) in [6, 6.07) is 12.3. The molecule has 0 N–H and O–H groups in total. The predicted octanol–water partition coefficient (Wildman–Crippen LogP) is 4.93. The molecule has 0 aliphatic heterocycles. The van der Waals surface area contributed by atoms with Gasteiger partial charge in [0.25, 0.3) is 0 Å². The van der Waals surface area contributed by atoms with E-state index in [1.807, 2.05) is 24.4 Å². The van der Waals surface area contributed by atoms with Gasteiger partial charge in [-0.2, -0.15) is 0 Å². The molecule has 0 unspecified atom stereocenters. The molecule has 0 spiro atoms. The smallest absolute Gasteiger partial charge is 0.179 e. The van der Waals surface area contributed by atoms with E-state index in [4.69, 9.17) is 0 Å². The maximum atomic E-state index is 12.3. The van der Waals surface area contributed by atoms with Gasteiger partial charge >= 0.3 is 0 Å². The molecule has 0 fully saturated rings. The molecule has 1 heterocycles. The Bertz CT molecular complexity index is 523. The lowest BCUT2D eigenvalue weighted by molar-refractivity contribution is 0.0970. The highest BCUT2D eigenvalue weighted by molar-refractivity contribution is 7.12. The summed E-state index contributed by atoms with van der Waals surface area (Å²) >= 11 is 1.52. The van der Waals surface area contributed by atoms with Crippen LogP contribution in [0.4, 0.5) is 0 Å². The Morgan fingerprint density at radius 3 is 2.32 bits per heavy atom. The van der Waals surface area contributed by atoms with Crippen LogP contribution in [0.25, 0.3) is 0 Å². The molecule has 2 heteroatoms. The van der Waals surface area contributed by atoms with Crippen LogP contribution >= 0.6 is 11.3 Å². The van der Waals surface area contributed by atoms with Crippen molar-refractivity contribution in [3.8, 4) is 0 Å². The second-order valence-corrected chi connectivity index (χ2v) is 6.35. The SMILES string of the molecule is CC(C)Cc1ccc([C@@H](C)C(=O)c2cccs2)cc1. The number of ketones is 1. The zero-order chi connectivity index (χ0) is 13.8. The summed E-state index contributed by atoms with van der Waals surface area (Å²) in [5, 5.41) is 1.95. The largest absolute Gasteiger partial charge is 0.293 e. The first-order valence-electron chi connectivity index (χ1n) is 6.74. The molecule has 0 amide bonds. The van der Waals surface area contributed by atoms with Gasteiger partial charge in [0.2, 0.25) is 0 Å². The van der Waals surface area contributed by atoms with E-state index >= 15 is 0 Å². The number of benzene rings is 1. The number of thiophene rings is 1. The number of rotatable bonds is 5. The van der Waals surface area contributed by atoms with E-state index in [1.165, 1.54) is 16.9 Å². The van der Waals surface area contributed by atoms with E-state index in [0.29, 0.717) is 5.92 Å². The van der Waals surface area contributed by atoms with E-state index < -0.39 is 0 Å². The second kappa shape index (κ2) is 6.16. The van der Waals surface area contributed by atoms with Gasteiger partial charge in [-0.25, -0.2) is 0 Å². The van der Waals surface area contributed by atoms with Gasteiger partial charge in [-0.1, -0.05) is 51.1 Å². The van der Waals surface area contributed by atoms with E-state index in [1.54, 1.807) is 0 Å². The summed E-state index contributed by atoms with van der Waals surface area (Å²) < 4.78 is 0. The van der Waals surface area contributed by atoms with E-state index in [0.717, 1.165) is 16.9 Å². The molecule has 1 atom stereocenters. The van der Waals surface area contributed by atoms with E-state index in [9.17, 15) is 4.79 Å². The molecular weight excluding hydrogens is 252 g/mol. The summed E-state index contributed by atoms with van der Waals surface area (Å²) in [7, 11) is 0. The number of hydrogen-bond donors (Lipinski definition) is 0. The fourth-order valence-electron chi connectivity index (χ4n) is 2.20. The molecule has 19 heavy (non-hydrogen) atoms. The third kappa shape index (κ3) is 3.54. The van der Waals surface area contributed by atoms with Crippen LogP contribution in [0.2, 0.25) is 0 Å². The molecule has 0 bridgehead atoms. The molecule has 2 aromatic rings. The van der Waals surface area contributed by atoms with Crippen LogP contribution in [-0.2, 0) is 6.42 Å². The van der Waals surface area contributed by atoms with Crippen LogP contribution in [0.3, 0.4) is 0 Å². The number of Topliss-reactive ketones (excluding diaryl/α,β-unsaturated/α-hetero) is 1. The van der Waals surface area contributed by atoms with Crippen LogP contribution in [0, 0.1) is 5.92 Å². The van der Waals surface area contributed by atoms with Crippen molar-refractivity contribution in [2.45, 2.75) is 33.1 Å². The zero-order valence-corrected chi connectivity index (χ0v) is 12.5. The van der Waals surface area contributed by atoms with Crippen molar-refractivity contribution in [1.82, 2.24) is 0 Å². The second-order valence-electron chi connectivity index (χ2n) is 5.40. The third-order valence-corrected chi connectivity index (χ3v) is 4.17. The van der Waals surface area contributed by atoms with Gasteiger partial charge in [-0.3, -0.25) is 4.79 Å². The Kier molecular flexibility index (Phi) is 4.54. The zero-order valence-electron chi connectivity index (χ0n) is 11.7. The highest BCUT2D eigenvalue weighted by Crippen LogP contribution is 2.23. The Labute approximate surface area is 119 Å². The number of carbonyl (C=O) groups is 1. The van der Waals surface area contributed by atoms with Crippen molar-refractivity contribution in [3.63, 3.8) is 0 Å². The van der Waals surface area contributed by atoms with Crippen LogP contribution in [0.1, 0.15) is 47.5 Å². The minimum absolute atomic E-state index is 0.0632. The average molecular weight is 272 g/mol. The molecule has 0 aliphatic rings. The van der Waals surface area contributed by atoms with E-state index in [2.05, 4.69) is 38.1 Å². The van der Waals surface area contributed by atoms with Gasteiger partial charge in [-0.15, -0.1) is 11.3 Å². The lowest BCUT2D eigenvalue weighted by Gasteiger charge is -2.11. The monoisotopic (exact) mass is 272 g/mol. The minimum Gasteiger partial charge on any atom is -0.293 e. The minimum atomic E-state index is -0.0632. The molecule has 2 rings (SSSR count). The molecule has 100 valence electrons. The highest BCUT2D eigenvalue weighted by atomic mass is 32.1. The summed E-state index contributed by atoms with van der Waals surface area (Å²) in [5.74, 6) is 0.814. The van der Waals surface area contributed by atoms with Gasteiger partial charge in [0, 0.05) is 5.92 Å². The van der Waals surface area contributed by atoms with Gasteiger partial charge < -0.3 is 0 Å². The Morgan fingerprint density at radius 2 is 1.79 bits per heavy atom. The molecule has 1 nitrogen and oxygen atoms in total. The fourth-order valence-corrected chi connectivity index (χ4v) is 2.95. The summed E-state index contributed by atoms with van der Waals surface area (Å²) in [4.78, 5) is 13.1. The lowest BCUT2D eigenvalue weighted by Crippen LogP contribution is -2.08. The first-order valence-corrected chi connectivity index (χ1v) is 7.62. The van der Waals surface area contributed by atoms with Crippen LogP contribution in [-0.4, -0.2) is 5.78 Å². The Morgan fingerprint density at radius 1 is 1.11 bits per heavy atom. The highest BCUT2D eigenvalue weighted by Gasteiger charge is 2.17. The summed E-state index contributed by atoms with van der Waals surface area (Å²) in [5.41, 5.74) is 2.44. The summed E-state index contributed by atoms with van der Waals surface area (Å²) in [6.45, 7) is 6.42. The molecule has 0 saturated carbocycles. The average Bonchev–Trinajstić information content (AvgIpc) is 2.91. The van der Waals surface area contributed by atoms with Crippen LogP contribution < -0.4 is 0 Å². The maximum absolute atomic E-state index is 12.3. The number of carbonyl (C=O) groups excluding carboxylic acids is 1. The fraction of sp³-hybridized carbons (Fsp3) is 0.353. The van der Waals surface area contributed by atoms with Crippen LogP contribution in [0.5, 0.6) is 0 Å². The number of hydrogen-bond acceptors (Lipinski definition) is 2. The molecule has 0 aliphatic carbocycles. The van der Waals surface area contributed by atoms with Gasteiger partial charge in [0.15, 0.2) is 5.78 Å². The Balaban J connectivity index is 2.11. The lowest BCUT2D eigenvalue weighted by atomic mass is 9.93. The molecule has 1 aromatic heterocycles. The van der Waals surface area contributed by atoms with Crippen molar-refractivity contribution in [3.05, 3.63) is 57.8 Å². The van der Waals surface area contributed by atoms with Crippen LogP contribution in [0.15, 0.2) is 41.8 Å². The molecule has 0 radical (unpaired) electrons. The third-order valence-electron chi connectivity index (χ3n) is 3.28. The van der Waals surface area contributed by atoms with Crippen molar-refractivity contribution >= 4 is 17.1 Å². The van der Waals surface area contributed by atoms with Crippen molar-refractivity contribution < 1.29 is 4.79 Å². The van der Waals surface area contributed by atoms with Crippen molar-refractivity contribution in [1.29, 1.82) is 0 Å². The summed E-state index contributed by atoms with van der Waals surface area (Å²) in [6.07, 6.45) is 1.09. The van der Waals surface area contributed by atoms with Gasteiger partial charge in [-0.05, 0) is 34.9 Å². The quantitative estimate of drug-likeness (QED) is 0.705. The van der Waals surface area contributed by atoms with Crippen molar-refractivity contribution in [2.75, 3.05) is 0 Å². The predicted molar refractivity (Wildman–Crippen MR) is 82.0 cm³/mol. The topological polar surface area (TPSA) is 17.1 Å². The normalized spacial score (nSPS) is 12.6. The molecular formula is C17H20OS. The van der Waals surface area contributed by atoms with Gasteiger partial charge in [0.1, 0.15) is 0 Å². The molecule has 0 saturated heterocycles. The molecule has 1 aromatic carbocycles. The Hall–Kier alpha value is -1.41. The maximum Gasteiger partial charge on any atom is 0.179 e. The first-order chi connectivity index (χ1) is 9.08. The van der Waals surface area contributed by atoms with Crippen molar-refractivity contribution in [2.24, 2.45) is 5.92 Å². The van der Waals surface area contributed by atoms with E-state index in [-0.39, 0.29) is 11.7 Å². The van der Waals surface area contributed by atoms with Gasteiger partial charge in [0.05, 0.1) is 4.88 Å². The standard InChI is InChI=1S/C17H20OS/c1-12(2)11-14-6-8-15(9-7-14)13(3)17(18)16-5-4-10-19-16/h4-10,12-13H,11H2,1-3H3/t13-/m1/s1.